The Balaban J connectivity index is 2.25. The number of hydrogen-bond donors (Lipinski definition) is 0. The van der Waals surface area contributed by atoms with Crippen molar-refractivity contribution in [2.45, 2.75) is 19.4 Å². The zero-order valence-electron chi connectivity index (χ0n) is 9.97. The first-order chi connectivity index (χ1) is 8.13. The molecule has 1 aromatic rings. The smallest absolute Gasteiger partial charge is 0.341 e. The van der Waals surface area contributed by atoms with Crippen LogP contribution >= 0.6 is 0 Å². The Morgan fingerprint density at radius 3 is 2.53 bits per heavy atom. The Kier molecular flexibility index (Phi) is 2.88. The Morgan fingerprint density at radius 1 is 1.35 bits per heavy atom. The minimum atomic E-state index is -1.09. The van der Waals surface area contributed by atoms with Crippen molar-refractivity contribution in [2.75, 3.05) is 18.1 Å². The topological polar surface area (TPSA) is 46.4 Å². The first kappa shape index (κ1) is 11.6. The quantitative estimate of drug-likeness (QED) is 0.448. The van der Waals surface area contributed by atoms with E-state index >= 15 is 0 Å². The van der Waals surface area contributed by atoms with Crippen LogP contribution in [0.1, 0.15) is 13.8 Å². The molecule has 0 radical (unpaired) electrons. The third kappa shape index (κ3) is 1.79. The van der Waals surface area contributed by atoms with Crippen LogP contribution in [0.4, 0.5) is 5.69 Å². The molecular formula is C13H15NO3. The number of rotatable bonds is 4. The molecule has 1 fully saturated rings. The van der Waals surface area contributed by atoms with Gasteiger partial charge in [-0.1, -0.05) is 18.2 Å². The molecule has 2 rings (SSSR count). The van der Waals surface area contributed by atoms with Gasteiger partial charge in [0, 0.05) is 5.69 Å². The molecule has 0 aliphatic carbocycles. The minimum absolute atomic E-state index is 0.167. The maximum Gasteiger partial charge on any atom is 0.341 e. The van der Waals surface area contributed by atoms with Crippen LogP contribution in [0.5, 0.6) is 0 Å². The van der Waals surface area contributed by atoms with E-state index in [1.54, 1.807) is 11.8 Å². The van der Waals surface area contributed by atoms with Gasteiger partial charge in [0.1, 0.15) is 0 Å². The number of carbonyl (C=O) groups excluding carboxylic acids is 2. The molecule has 1 heterocycles. The van der Waals surface area contributed by atoms with Crippen LogP contribution in [-0.4, -0.2) is 30.4 Å². The number of hydrogen-bond acceptors (Lipinski definition) is 4. The summed E-state index contributed by atoms with van der Waals surface area (Å²) in [4.78, 5) is 25.3. The van der Waals surface area contributed by atoms with Crippen molar-refractivity contribution >= 4 is 17.4 Å². The van der Waals surface area contributed by atoms with Gasteiger partial charge in [-0.25, -0.2) is 4.79 Å². The highest BCUT2D eigenvalue weighted by Gasteiger charge is 2.63. The molecule has 1 aliphatic heterocycles. The Morgan fingerprint density at radius 2 is 2.00 bits per heavy atom. The van der Waals surface area contributed by atoms with Crippen LogP contribution in [0, 0.1) is 0 Å². The highest BCUT2D eigenvalue weighted by Crippen LogP contribution is 2.39. The lowest BCUT2D eigenvalue weighted by Gasteiger charge is -2.14. The van der Waals surface area contributed by atoms with E-state index in [1.165, 1.54) is 6.92 Å². The Bertz CT molecular complexity index is 443. The lowest BCUT2D eigenvalue weighted by Crippen LogP contribution is -2.38. The van der Waals surface area contributed by atoms with Gasteiger partial charge in [0.25, 0.3) is 0 Å². The lowest BCUT2D eigenvalue weighted by atomic mass is 10.1. The van der Waals surface area contributed by atoms with Gasteiger partial charge in [-0.2, -0.15) is 0 Å². The minimum Gasteiger partial charge on any atom is -0.464 e. The van der Waals surface area contributed by atoms with Crippen molar-refractivity contribution in [2.24, 2.45) is 0 Å². The number of carbonyl (C=O) groups is 2. The van der Waals surface area contributed by atoms with Gasteiger partial charge in [0.15, 0.2) is 5.78 Å². The number of para-hydroxylation sites is 1. The van der Waals surface area contributed by atoms with Crippen molar-refractivity contribution in [3.63, 3.8) is 0 Å². The standard InChI is InChI=1S/C13H15NO3/c1-3-17-12(16)13(10(2)15)9-14(13)11-7-5-4-6-8-11/h4-8H,3,9H2,1-2H3/t13-,14?/m0/s1. The molecule has 4 heteroatoms. The van der Waals surface area contributed by atoms with Crippen molar-refractivity contribution in [3.05, 3.63) is 30.3 Å². The molecule has 1 atom stereocenters. The predicted octanol–water partition coefficient (Wildman–Crippen LogP) is 1.40. The maximum absolute atomic E-state index is 11.9. The molecule has 1 aromatic carbocycles. The molecule has 0 N–H and O–H groups in total. The van der Waals surface area contributed by atoms with Crippen LogP contribution in [0.25, 0.3) is 0 Å². The molecule has 0 aromatic heterocycles. The SMILES string of the molecule is CCOC(=O)[C@@]1(C(C)=O)CN1c1ccccc1. The molecule has 90 valence electrons. The van der Waals surface area contributed by atoms with E-state index in [-0.39, 0.29) is 12.4 Å². The first-order valence-corrected chi connectivity index (χ1v) is 5.64. The van der Waals surface area contributed by atoms with Gasteiger partial charge < -0.3 is 9.64 Å². The summed E-state index contributed by atoms with van der Waals surface area (Å²) in [6.07, 6.45) is 0. The molecule has 0 saturated carbocycles. The predicted molar refractivity (Wildman–Crippen MR) is 63.8 cm³/mol. The number of anilines is 1. The van der Waals surface area contributed by atoms with Crippen LogP contribution in [-0.2, 0) is 14.3 Å². The number of esters is 1. The number of ether oxygens (including phenoxy) is 1. The zero-order valence-corrected chi connectivity index (χ0v) is 9.97. The summed E-state index contributed by atoms with van der Waals surface area (Å²) in [5.41, 5.74) is -0.215. The largest absolute Gasteiger partial charge is 0.464 e. The van der Waals surface area contributed by atoms with E-state index in [0.717, 1.165) is 5.69 Å². The lowest BCUT2D eigenvalue weighted by molar-refractivity contribution is -0.148. The maximum atomic E-state index is 11.9. The van der Waals surface area contributed by atoms with Crippen molar-refractivity contribution in [1.29, 1.82) is 0 Å². The monoisotopic (exact) mass is 233 g/mol. The van der Waals surface area contributed by atoms with Crippen LogP contribution in [0.2, 0.25) is 0 Å². The van der Waals surface area contributed by atoms with E-state index in [4.69, 9.17) is 4.74 Å². The molecule has 17 heavy (non-hydrogen) atoms. The van der Waals surface area contributed by atoms with E-state index in [2.05, 4.69) is 0 Å². The number of nitrogens with zero attached hydrogens (tertiary/aromatic N) is 1. The van der Waals surface area contributed by atoms with Gasteiger partial charge in [-0.3, -0.25) is 4.79 Å². The summed E-state index contributed by atoms with van der Waals surface area (Å²) in [6.45, 7) is 3.86. The summed E-state index contributed by atoms with van der Waals surface area (Å²) in [7, 11) is 0. The summed E-state index contributed by atoms with van der Waals surface area (Å²) in [6, 6.07) is 9.41. The van der Waals surface area contributed by atoms with E-state index in [9.17, 15) is 9.59 Å². The summed E-state index contributed by atoms with van der Waals surface area (Å²) in [5, 5.41) is 0. The second-order valence-electron chi connectivity index (χ2n) is 4.06. The highest BCUT2D eigenvalue weighted by molar-refractivity contribution is 6.16. The molecule has 4 nitrogen and oxygen atoms in total. The molecule has 0 bridgehead atoms. The summed E-state index contributed by atoms with van der Waals surface area (Å²) in [5.74, 6) is -0.615. The Labute approximate surface area is 100 Å². The number of benzene rings is 1. The van der Waals surface area contributed by atoms with Gasteiger partial charge in [0.2, 0.25) is 5.54 Å². The number of Topliss-reactive ketones (excluding diaryl/α,β-unsaturated/α-hetero) is 1. The summed E-state index contributed by atoms with van der Waals surface area (Å²) < 4.78 is 4.98. The van der Waals surface area contributed by atoms with Crippen LogP contribution in [0.3, 0.4) is 0 Å². The Hall–Kier alpha value is -1.84. The molecular weight excluding hydrogens is 218 g/mol. The van der Waals surface area contributed by atoms with Gasteiger partial charge in [0.05, 0.1) is 13.2 Å². The average Bonchev–Trinajstić information content (AvgIpc) is 3.07. The average molecular weight is 233 g/mol. The molecule has 1 saturated heterocycles. The third-order valence-corrected chi connectivity index (χ3v) is 3.01. The normalized spacial score (nSPS) is 22.1. The van der Waals surface area contributed by atoms with E-state index in [1.807, 2.05) is 30.3 Å². The molecule has 0 unspecified atom stereocenters. The van der Waals surface area contributed by atoms with E-state index < -0.39 is 11.5 Å². The molecule has 1 aliphatic rings. The fourth-order valence-electron chi connectivity index (χ4n) is 1.98. The second-order valence-corrected chi connectivity index (χ2v) is 4.06. The summed E-state index contributed by atoms with van der Waals surface area (Å²) >= 11 is 0. The molecule has 0 spiro atoms. The fourth-order valence-corrected chi connectivity index (χ4v) is 1.98. The first-order valence-electron chi connectivity index (χ1n) is 5.64. The van der Waals surface area contributed by atoms with Gasteiger partial charge >= 0.3 is 5.97 Å². The molecule has 0 amide bonds. The highest BCUT2D eigenvalue weighted by atomic mass is 16.5. The van der Waals surface area contributed by atoms with Crippen molar-refractivity contribution < 1.29 is 14.3 Å². The van der Waals surface area contributed by atoms with Gasteiger partial charge in [-0.15, -0.1) is 0 Å². The second kappa shape index (κ2) is 4.20. The van der Waals surface area contributed by atoms with Crippen molar-refractivity contribution in [1.82, 2.24) is 0 Å². The van der Waals surface area contributed by atoms with Crippen LogP contribution in [0.15, 0.2) is 30.3 Å². The number of ketones is 1. The van der Waals surface area contributed by atoms with Crippen molar-refractivity contribution in [3.8, 4) is 0 Å². The third-order valence-electron chi connectivity index (χ3n) is 3.01. The zero-order chi connectivity index (χ0) is 12.5. The van der Waals surface area contributed by atoms with Gasteiger partial charge in [-0.05, 0) is 26.0 Å². The van der Waals surface area contributed by atoms with E-state index in [0.29, 0.717) is 6.54 Å². The fraction of sp³-hybridized carbons (Fsp3) is 0.385. The van der Waals surface area contributed by atoms with Crippen LogP contribution < -0.4 is 4.90 Å².